The Morgan fingerprint density at radius 2 is 1.84 bits per heavy atom. The fraction of sp³-hybridized carbons (Fsp3) is 0.278. The van der Waals surface area contributed by atoms with Crippen molar-refractivity contribution in [3.05, 3.63) is 48.0 Å². The molecule has 134 valence electrons. The topological polar surface area (TPSA) is 78.1 Å². The van der Waals surface area contributed by atoms with E-state index in [1.54, 1.807) is 14.2 Å². The molecule has 0 amide bonds. The third-order valence-corrected chi connectivity index (χ3v) is 3.93. The number of nitrogens with two attached hydrogens (primary N) is 1. The van der Waals surface area contributed by atoms with Gasteiger partial charge in [0.15, 0.2) is 17.5 Å². The van der Waals surface area contributed by atoms with Crippen LogP contribution in [0.2, 0.25) is 0 Å². The zero-order valence-electron chi connectivity index (χ0n) is 14.4. The molecule has 1 heterocycles. The summed E-state index contributed by atoms with van der Waals surface area (Å²) in [7, 11) is 3.19. The van der Waals surface area contributed by atoms with Crippen molar-refractivity contribution in [3.8, 4) is 17.2 Å². The molecule has 2 aromatic carbocycles. The molecular weight excluding hydrogens is 433 g/mol. The molecule has 3 rings (SSSR count). The van der Waals surface area contributed by atoms with Gasteiger partial charge in [0.05, 0.1) is 14.2 Å². The van der Waals surface area contributed by atoms with Crippen LogP contribution in [0.3, 0.4) is 0 Å². The Hall–Kier alpha value is -2.16. The van der Waals surface area contributed by atoms with Crippen molar-refractivity contribution in [2.45, 2.75) is 19.1 Å². The van der Waals surface area contributed by atoms with Crippen LogP contribution in [-0.2, 0) is 0 Å². The molecule has 25 heavy (non-hydrogen) atoms. The van der Waals surface area contributed by atoms with Crippen molar-refractivity contribution in [1.29, 1.82) is 0 Å². The Kier molecular flexibility index (Phi) is 6.35. The number of guanidine groups is 1. The highest BCUT2D eigenvalue weighted by molar-refractivity contribution is 14.0. The first kappa shape index (κ1) is 19.2. The van der Waals surface area contributed by atoms with Gasteiger partial charge in [-0.25, -0.2) is 4.99 Å². The average molecular weight is 455 g/mol. The first-order valence-electron chi connectivity index (χ1n) is 7.70. The minimum Gasteiger partial charge on any atom is -0.493 e. The molecule has 2 unspecified atom stereocenters. The van der Waals surface area contributed by atoms with E-state index < -0.39 is 0 Å². The molecule has 2 aromatic rings. The molecular formula is C18H22IN3O3. The van der Waals surface area contributed by atoms with Crippen molar-refractivity contribution in [1.82, 2.24) is 0 Å². The van der Waals surface area contributed by atoms with Crippen LogP contribution in [0.25, 0.3) is 0 Å². The minimum atomic E-state index is -0.131. The molecule has 0 spiro atoms. The molecule has 0 saturated carbocycles. The van der Waals surface area contributed by atoms with E-state index in [9.17, 15) is 0 Å². The van der Waals surface area contributed by atoms with Crippen LogP contribution in [0.1, 0.15) is 18.5 Å². The van der Waals surface area contributed by atoms with Crippen molar-refractivity contribution < 1.29 is 14.2 Å². The number of hydrogen-bond donors (Lipinski definition) is 2. The summed E-state index contributed by atoms with van der Waals surface area (Å²) in [6.07, 6.45) is -0.0619. The number of benzene rings is 2. The fourth-order valence-electron chi connectivity index (χ4n) is 2.77. The summed E-state index contributed by atoms with van der Waals surface area (Å²) >= 11 is 0. The standard InChI is InChI=1S/C18H21N3O3.HI/c1-11-17(13-6-4-5-7-14(13)24-11)21-18(19)20-12-8-9-15(22-2)16(10-12)23-3;/h4-11,17H,1-3H3,(H3,19,20,21);1H. The predicted octanol–water partition coefficient (Wildman–Crippen LogP) is 3.57. The first-order chi connectivity index (χ1) is 11.6. The van der Waals surface area contributed by atoms with E-state index in [1.807, 2.05) is 49.4 Å². The van der Waals surface area contributed by atoms with Gasteiger partial charge >= 0.3 is 0 Å². The Balaban J connectivity index is 0.00000225. The second-order valence-corrected chi connectivity index (χ2v) is 5.51. The summed E-state index contributed by atoms with van der Waals surface area (Å²) in [4.78, 5) is 4.58. The largest absolute Gasteiger partial charge is 0.493 e. The van der Waals surface area contributed by atoms with Crippen LogP contribution in [0.15, 0.2) is 47.5 Å². The summed E-state index contributed by atoms with van der Waals surface area (Å²) < 4.78 is 16.3. The maximum Gasteiger partial charge on any atom is 0.193 e. The van der Waals surface area contributed by atoms with Gasteiger partial charge in [0, 0.05) is 17.3 Å². The normalized spacial score (nSPS) is 18.6. The molecule has 1 aliphatic heterocycles. The van der Waals surface area contributed by atoms with Crippen molar-refractivity contribution in [2.75, 3.05) is 19.5 Å². The lowest BCUT2D eigenvalue weighted by atomic mass is 10.1. The molecule has 0 aliphatic carbocycles. The summed E-state index contributed by atoms with van der Waals surface area (Å²) in [5.74, 6) is 2.46. The van der Waals surface area contributed by atoms with Crippen molar-refractivity contribution in [3.63, 3.8) is 0 Å². The van der Waals surface area contributed by atoms with Gasteiger partial charge < -0.3 is 25.3 Å². The number of nitrogens with zero attached hydrogens (tertiary/aromatic N) is 1. The SMILES string of the molecule is COc1ccc(NC(N)=NC2c3ccccc3OC2C)cc1OC.I. The fourth-order valence-corrected chi connectivity index (χ4v) is 2.77. The molecule has 0 radical (unpaired) electrons. The minimum absolute atomic E-state index is 0. The van der Waals surface area contributed by atoms with Crippen molar-refractivity contribution >= 4 is 35.6 Å². The van der Waals surface area contributed by atoms with E-state index in [0.717, 1.165) is 17.0 Å². The van der Waals surface area contributed by atoms with E-state index in [-0.39, 0.29) is 36.1 Å². The highest BCUT2D eigenvalue weighted by Gasteiger charge is 2.30. The lowest BCUT2D eigenvalue weighted by molar-refractivity contribution is 0.229. The van der Waals surface area contributed by atoms with Crippen molar-refractivity contribution in [2.24, 2.45) is 10.7 Å². The monoisotopic (exact) mass is 455 g/mol. The van der Waals surface area contributed by atoms with Gasteiger partial charge in [0.25, 0.3) is 0 Å². The summed E-state index contributed by atoms with van der Waals surface area (Å²) in [6, 6.07) is 13.2. The number of ether oxygens (including phenoxy) is 3. The Morgan fingerprint density at radius 3 is 2.56 bits per heavy atom. The van der Waals surface area contributed by atoms with Crippen LogP contribution < -0.4 is 25.3 Å². The van der Waals surface area contributed by atoms with Crippen LogP contribution in [0, 0.1) is 0 Å². The van der Waals surface area contributed by atoms with Crippen LogP contribution >= 0.6 is 24.0 Å². The molecule has 3 N–H and O–H groups in total. The average Bonchev–Trinajstić information content (AvgIpc) is 2.90. The lowest BCUT2D eigenvalue weighted by Gasteiger charge is -2.14. The van der Waals surface area contributed by atoms with Gasteiger partial charge in [0.1, 0.15) is 17.9 Å². The zero-order chi connectivity index (χ0) is 17.1. The van der Waals surface area contributed by atoms with Crippen LogP contribution in [0.5, 0.6) is 17.2 Å². The Bertz CT molecular complexity index is 767. The van der Waals surface area contributed by atoms with Gasteiger partial charge in [-0.3, -0.25) is 0 Å². The van der Waals surface area contributed by atoms with E-state index >= 15 is 0 Å². The Morgan fingerprint density at radius 1 is 1.12 bits per heavy atom. The van der Waals surface area contributed by atoms with E-state index in [2.05, 4.69) is 10.3 Å². The summed E-state index contributed by atoms with van der Waals surface area (Å²) in [5.41, 5.74) is 7.89. The van der Waals surface area contributed by atoms with E-state index in [4.69, 9.17) is 19.9 Å². The number of rotatable bonds is 4. The van der Waals surface area contributed by atoms with E-state index in [0.29, 0.717) is 17.5 Å². The highest BCUT2D eigenvalue weighted by atomic mass is 127. The molecule has 0 saturated heterocycles. The van der Waals surface area contributed by atoms with Crippen LogP contribution in [-0.4, -0.2) is 26.3 Å². The van der Waals surface area contributed by atoms with Gasteiger partial charge in [0.2, 0.25) is 0 Å². The lowest BCUT2D eigenvalue weighted by Crippen LogP contribution is -2.25. The quantitative estimate of drug-likeness (QED) is 0.419. The molecule has 0 aromatic heterocycles. The smallest absolute Gasteiger partial charge is 0.193 e. The summed E-state index contributed by atoms with van der Waals surface area (Å²) in [5, 5.41) is 3.08. The molecule has 6 nitrogen and oxygen atoms in total. The maximum atomic E-state index is 6.08. The summed E-state index contributed by atoms with van der Waals surface area (Å²) in [6.45, 7) is 1.98. The van der Waals surface area contributed by atoms with Gasteiger partial charge in [-0.05, 0) is 25.1 Å². The van der Waals surface area contributed by atoms with Gasteiger partial charge in [-0.2, -0.15) is 0 Å². The number of aliphatic imine (C=N–C) groups is 1. The van der Waals surface area contributed by atoms with E-state index in [1.165, 1.54) is 0 Å². The third-order valence-electron chi connectivity index (χ3n) is 3.93. The predicted molar refractivity (Wildman–Crippen MR) is 109 cm³/mol. The molecule has 0 fully saturated rings. The second-order valence-electron chi connectivity index (χ2n) is 5.51. The molecule has 7 heteroatoms. The number of hydrogen-bond acceptors (Lipinski definition) is 4. The zero-order valence-corrected chi connectivity index (χ0v) is 16.7. The first-order valence-corrected chi connectivity index (χ1v) is 7.70. The van der Waals surface area contributed by atoms with Gasteiger partial charge in [-0.1, -0.05) is 18.2 Å². The molecule has 2 atom stereocenters. The second kappa shape index (κ2) is 8.28. The third kappa shape index (κ3) is 4.09. The number of nitrogens with one attached hydrogen (secondary N) is 1. The molecule has 0 bridgehead atoms. The van der Waals surface area contributed by atoms with Gasteiger partial charge in [-0.15, -0.1) is 24.0 Å². The number of anilines is 1. The number of methoxy groups -OCH3 is 2. The highest BCUT2D eigenvalue weighted by Crippen LogP contribution is 2.38. The van der Waals surface area contributed by atoms with Crippen LogP contribution in [0.4, 0.5) is 5.69 Å². The Labute approximate surface area is 164 Å². The molecule has 1 aliphatic rings. The number of para-hydroxylation sites is 1. The number of fused-ring (bicyclic) bond motifs is 1. The maximum absolute atomic E-state index is 6.08. The number of halogens is 1.